The maximum absolute atomic E-state index is 10.6. The number of aryl methyl sites for hydroxylation is 1. The topological polar surface area (TPSA) is 64.4 Å². The molecule has 0 atom stereocenters. The van der Waals surface area contributed by atoms with Crippen LogP contribution in [-0.2, 0) is 0 Å². The monoisotopic (exact) mass is 236 g/mol. The van der Waals surface area contributed by atoms with Crippen LogP contribution >= 0.6 is 0 Å². The summed E-state index contributed by atoms with van der Waals surface area (Å²) in [4.78, 5) is 10.2. The van der Waals surface area contributed by atoms with E-state index in [4.69, 9.17) is 4.74 Å². The van der Waals surface area contributed by atoms with Gasteiger partial charge in [0.05, 0.1) is 11.0 Å². The molecule has 1 aromatic rings. The molecule has 0 spiro atoms. The van der Waals surface area contributed by atoms with Crippen molar-refractivity contribution in [3.8, 4) is 5.75 Å². The van der Waals surface area contributed by atoms with E-state index in [1.807, 2.05) is 6.92 Å². The van der Waals surface area contributed by atoms with Gasteiger partial charge < -0.3 is 10.1 Å². The molecule has 0 unspecified atom stereocenters. The molecule has 1 aliphatic carbocycles. The van der Waals surface area contributed by atoms with Crippen molar-refractivity contribution >= 4 is 5.69 Å². The summed E-state index contributed by atoms with van der Waals surface area (Å²) in [6.45, 7) is 3.21. The lowest BCUT2D eigenvalue weighted by atomic mass is 10.2. The molecule has 5 nitrogen and oxygen atoms in total. The number of nitrogens with one attached hydrogen (secondary N) is 1. The summed E-state index contributed by atoms with van der Waals surface area (Å²) in [6, 6.07) is 5.34. The Labute approximate surface area is 99.9 Å². The molecule has 0 aliphatic heterocycles. The number of rotatable bonds is 6. The lowest BCUT2D eigenvalue weighted by Gasteiger charge is -2.09. The molecule has 2 rings (SSSR count). The van der Waals surface area contributed by atoms with Crippen LogP contribution in [0, 0.1) is 17.0 Å². The highest BCUT2D eigenvalue weighted by atomic mass is 16.6. The Morgan fingerprint density at radius 1 is 1.53 bits per heavy atom. The standard InChI is InChI=1S/C12H16N2O3/c1-9-2-5-11(14(15)16)8-12(9)17-7-6-13-10-3-4-10/h2,5,8,10,13H,3-4,6-7H2,1H3. The van der Waals surface area contributed by atoms with Crippen LogP contribution < -0.4 is 10.1 Å². The predicted molar refractivity (Wildman–Crippen MR) is 64.4 cm³/mol. The van der Waals surface area contributed by atoms with Crippen molar-refractivity contribution in [1.82, 2.24) is 5.32 Å². The SMILES string of the molecule is Cc1ccc([N+](=O)[O-])cc1OCCNC1CC1. The minimum Gasteiger partial charge on any atom is -0.492 e. The molecule has 0 amide bonds. The number of nitro groups is 1. The zero-order chi connectivity index (χ0) is 12.3. The highest BCUT2D eigenvalue weighted by Crippen LogP contribution is 2.24. The van der Waals surface area contributed by atoms with Crippen LogP contribution in [0.5, 0.6) is 5.75 Å². The fraction of sp³-hybridized carbons (Fsp3) is 0.500. The molecule has 1 aliphatic rings. The van der Waals surface area contributed by atoms with E-state index in [0.29, 0.717) is 18.4 Å². The smallest absolute Gasteiger partial charge is 0.273 e. The molecule has 0 radical (unpaired) electrons. The molecule has 1 aromatic carbocycles. The number of nitro benzene ring substituents is 1. The Hall–Kier alpha value is -1.62. The van der Waals surface area contributed by atoms with Crippen LogP contribution in [0.2, 0.25) is 0 Å². The Balaban J connectivity index is 1.88. The molecular formula is C12H16N2O3. The van der Waals surface area contributed by atoms with Crippen LogP contribution in [-0.4, -0.2) is 24.1 Å². The molecule has 1 N–H and O–H groups in total. The second-order valence-corrected chi connectivity index (χ2v) is 4.28. The maximum atomic E-state index is 10.6. The average molecular weight is 236 g/mol. The Bertz CT molecular complexity index is 416. The van der Waals surface area contributed by atoms with Gasteiger partial charge in [0, 0.05) is 18.7 Å². The summed E-state index contributed by atoms with van der Waals surface area (Å²) in [5.74, 6) is 0.594. The van der Waals surface area contributed by atoms with Crippen LogP contribution in [0.4, 0.5) is 5.69 Å². The lowest BCUT2D eigenvalue weighted by Crippen LogP contribution is -2.23. The molecule has 92 valence electrons. The number of benzene rings is 1. The summed E-state index contributed by atoms with van der Waals surface area (Å²) in [5.41, 5.74) is 0.989. The third-order valence-corrected chi connectivity index (χ3v) is 2.75. The first kappa shape index (κ1) is 11.9. The number of hydrogen-bond donors (Lipinski definition) is 1. The van der Waals surface area contributed by atoms with E-state index in [1.165, 1.54) is 25.0 Å². The Morgan fingerprint density at radius 3 is 2.94 bits per heavy atom. The quantitative estimate of drug-likeness (QED) is 0.466. The number of non-ortho nitro benzene ring substituents is 1. The zero-order valence-corrected chi connectivity index (χ0v) is 9.81. The van der Waals surface area contributed by atoms with Gasteiger partial charge in [-0.3, -0.25) is 10.1 Å². The number of ether oxygens (including phenoxy) is 1. The number of hydrogen-bond acceptors (Lipinski definition) is 4. The first-order valence-electron chi connectivity index (χ1n) is 5.78. The van der Waals surface area contributed by atoms with E-state index in [9.17, 15) is 10.1 Å². The number of nitrogens with zero attached hydrogens (tertiary/aromatic N) is 1. The van der Waals surface area contributed by atoms with Crippen LogP contribution in [0.15, 0.2) is 18.2 Å². The van der Waals surface area contributed by atoms with Crippen LogP contribution in [0.25, 0.3) is 0 Å². The molecule has 5 heteroatoms. The highest BCUT2D eigenvalue weighted by Gasteiger charge is 2.19. The molecule has 1 saturated carbocycles. The Kier molecular flexibility index (Phi) is 3.58. The first-order valence-corrected chi connectivity index (χ1v) is 5.78. The van der Waals surface area contributed by atoms with E-state index in [2.05, 4.69) is 5.32 Å². The molecule has 1 fully saturated rings. The summed E-state index contributed by atoms with van der Waals surface area (Å²) in [6.07, 6.45) is 2.49. The second-order valence-electron chi connectivity index (χ2n) is 4.28. The van der Waals surface area contributed by atoms with Gasteiger partial charge in [-0.05, 0) is 31.4 Å². The van der Waals surface area contributed by atoms with Gasteiger partial charge in [-0.1, -0.05) is 0 Å². The Morgan fingerprint density at radius 2 is 2.29 bits per heavy atom. The summed E-state index contributed by atoms with van der Waals surface area (Å²) < 4.78 is 5.54. The zero-order valence-electron chi connectivity index (χ0n) is 9.81. The third-order valence-electron chi connectivity index (χ3n) is 2.75. The molecule has 17 heavy (non-hydrogen) atoms. The molecule has 0 bridgehead atoms. The van der Waals surface area contributed by atoms with Crippen molar-refractivity contribution in [1.29, 1.82) is 0 Å². The minimum atomic E-state index is -0.408. The van der Waals surface area contributed by atoms with Gasteiger partial charge >= 0.3 is 0 Å². The van der Waals surface area contributed by atoms with Gasteiger partial charge in [-0.2, -0.15) is 0 Å². The van der Waals surface area contributed by atoms with E-state index in [0.717, 1.165) is 12.1 Å². The van der Waals surface area contributed by atoms with E-state index in [-0.39, 0.29) is 5.69 Å². The van der Waals surface area contributed by atoms with Gasteiger partial charge in [-0.15, -0.1) is 0 Å². The largest absolute Gasteiger partial charge is 0.492 e. The van der Waals surface area contributed by atoms with E-state index in [1.54, 1.807) is 6.07 Å². The highest BCUT2D eigenvalue weighted by molar-refractivity contribution is 5.43. The van der Waals surface area contributed by atoms with Gasteiger partial charge in [0.1, 0.15) is 12.4 Å². The second kappa shape index (κ2) is 5.14. The van der Waals surface area contributed by atoms with Crippen LogP contribution in [0.3, 0.4) is 0 Å². The van der Waals surface area contributed by atoms with Crippen LogP contribution in [0.1, 0.15) is 18.4 Å². The normalized spacial score (nSPS) is 14.6. The molecular weight excluding hydrogens is 220 g/mol. The van der Waals surface area contributed by atoms with Gasteiger partial charge in [0.15, 0.2) is 0 Å². The van der Waals surface area contributed by atoms with Crippen molar-refractivity contribution in [3.63, 3.8) is 0 Å². The maximum Gasteiger partial charge on any atom is 0.273 e. The van der Waals surface area contributed by atoms with Crippen molar-refractivity contribution in [2.45, 2.75) is 25.8 Å². The first-order chi connectivity index (χ1) is 8.16. The summed E-state index contributed by atoms with van der Waals surface area (Å²) in [5, 5.41) is 14.0. The van der Waals surface area contributed by atoms with Crippen molar-refractivity contribution in [2.75, 3.05) is 13.2 Å². The van der Waals surface area contributed by atoms with E-state index < -0.39 is 4.92 Å². The predicted octanol–water partition coefficient (Wildman–Crippen LogP) is 2.03. The van der Waals surface area contributed by atoms with Gasteiger partial charge in [0.2, 0.25) is 0 Å². The van der Waals surface area contributed by atoms with Crippen molar-refractivity contribution in [3.05, 3.63) is 33.9 Å². The molecule has 0 aromatic heterocycles. The van der Waals surface area contributed by atoms with Crippen molar-refractivity contribution in [2.24, 2.45) is 0 Å². The summed E-state index contributed by atoms with van der Waals surface area (Å²) >= 11 is 0. The average Bonchev–Trinajstić information content (AvgIpc) is 3.10. The molecule has 0 saturated heterocycles. The fourth-order valence-corrected chi connectivity index (χ4v) is 1.57. The third kappa shape index (κ3) is 3.42. The summed E-state index contributed by atoms with van der Waals surface area (Å²) in [7, 11) is 0. The van der Waals surface area contributed by atoms with Gasteiger partial charge in [0.25, 0.3) is 5.69 Å². The molecule has 0 heterocycles. The lowest BCUT2D eigenvalue weighted by molar-refractivity contribution is -0.384. The fourth-order valence-electron chi connectivity index (χ4n) is 1.57. The van der Waals surface area contributed by atoms with Gasteiger partial charge in [-0.25, -0.2) is 0 Å². The minimum absolute atomic E-state index is 0.0701. The van der Waals surface area contributed by atoms with E-state index >= 15 is 0 Å². The van der Waals surface area contributed by atoms with Crippen molar-refractivity contribution < 1.29 is 9.66 Å².